The molecule has 19 heavy (non-hydrogen) atoms. The Bertz CT molecular complexity index is 437. The standard InChI is InChI=1S/C14H23N3OS/c1-10-8-12(9-13(15-3)16-10)14(18)17(4)11(2)6-7-19-5/h8-9,11H,6-7H2,1-5H3,(H,15,16). The lowest BCUT2D eigenvalue weighted by atomic mass is 10.1. The Morgan fingerprint density at radius 2 is 2.21 bits per heavy atom. The monoisotopic (exact) mass is 281 g/mol. The summed E-state index contributed by atoms with van der Waals surface area (Å²) in [6.07, 6.45) is 3.09. The van der Waals surface area contributed by atoms with Crippen LogP contribution in [0.1, 0.15) is 29.4 Å². The van der Waals surface area contributed by atoms with Crippen molar-refractivity contribution in [1.82, 2.24) is 9.88 Å². The van der Waals surface area contributed by atoms with Gasteiger partial charge in [-0.3, -0.25) is 4.79 Å². The maximum atomic E-state index is 12.4. The number of nitrogens with zero attached hydrogens (tertiary/aromatic N) is 2. The highest BCUT2D eigenvalue weighted by atomic mass is 32.2. The summed E-state index contributed by atoms with van der Waals surface area (Å²) in [5, 5.41) is 2.98. The van der Waals surface area contributed by atoms with E-state index in [1.165, 1.54) is 0 Å². The van der Waals surface area contributed by atoms with E-state index in [-0.39, 0.29) is 11.9 Å². The van der Waals surface area contributed by atoms with Crippen molar-refractivity contribution in [2.45, 2.75) is 26.3 Å². The van der Waals surface area contributed by atoms with Crippen molar-refractivity contribution in [2.24, 2.45) is 0 Å². The number of aryl methyl sites for hydroxylation is 1. The molecule has 5 heteroatoms. The molecule has 1 heterocycles. The van der Waals surface area contributed by atoms with Crippen LogP contribution in [-0.2, 0) is 0 Å². The molecule has 0 bridgehead atoms. The first-order valence-corrected chi connectivity index (χ1v) is 7.81. The molecule has 0 fully saturated rings. The molecule has 1 rings (SSSR count). The molecule has 4 nitrogen and oxygen atoms in total. The van der Waals surface area contributed by atoms with Gasteiger partial charge in [-0.05, 0) is 44.4 Å². The fourth-order valence-electron chi connectivity index (χ4n) is 1.81. The van der Waals surface area contributed by atoms with Crippen LogP contribution in [0.3, 0.4) is 0 Å². The molecule has 1 amide bonds. The summed E-state index contributed by atoms with van der Waals surface area (Å²) in [4.78, 5) is 18.5. The summed E-state index contributed by atoms with van der Waals surface area (Å²) in [5.74, 6) is 1.85. The minimum Gasteiger partial charge on any atom is -0.373 e. The number of hydrogen-bond acceptors (Lipinski definition) is 4. The first-order chi connectivity index (χ1) is 8.99. The van der Waals surface area contributed by atoms with Crippen LogP contribution in [0.4, 0.5) is 5.82 Å². The predicted octanol–water partition coefficient (Wildman–Crippen LogP) is 2.65. The molecule has 1 unspecified atom stereocenters. The van der Waals surface area contributed by atoms with Crippen LogP contribution in [0.2, 0.25) is 0 Å². The first kappa shape index (κ1) is 15.8. The third kappa shape index (κ3) is 4.42. The molecule has 1 aromatic heterocycles. The largest absolute Gasteiger partial charge is 0.373 e. The lowest BCUT2D eigenvalue weighted by molar-refractivity contribution is 0.0741. The molecular formula is C14H23N3OS. The molecule has 106 valence electrons. The van der Waals surface area contributed by atoms with Crippen LogP contribution >= 0.6 is 11.8 Å². The minimum absolute atomic E-state index is 0.0515. The normalized spacial score (nSPS) is 12.1. The lowest BCUT2D eigenvalue weighted by Gasteiger charge is -2.25. The number of thioether (sulfide) groups is 1. The molecule has 1 atom stereocenters. The maximum Gasteiger partial charge on any atom is 0.254 e. The van der Waals surface area contributed by atoms with Gasteiger partial charge in [0, 0.05) is 31.4 Å². The Kier molecular flexibility index (Phi) is 6.15. The van der Waals surface area contributed by atoms with Crippen molar-refractivity contribution in [3.05, 3.63) is 23.4 Å². The van der Waals surface area contributed by atoms with Gasteiger partial charge in [-0.1, -0.05) is 0 Å². The van der Waals surface area contributed by atoms with Gasteiger partial charge in [-0.25, -0.2) is 4.98 Å². The van der Waals surface area contributed by atoms with Crippen LogP contribution in [0.15, 0.2) is 12.1 Å². The van der Waals surface area contributed by atoms with E-state index < -0.39 is 0 Å². The number of carbonyl (C=O) groups excluding carboxylic acids is 1. The summed E-state index contributed by atoms with van der Waals surface area (Å²) >= 11 is 1.81. The molecule has 1 N–H and O–H groups in total. The average molecular weight is 281 g/mol. The molecular weight excluding hydrogens is 258 g/mol. The third-order valence-electron chi connectivity index (χ3n) is 3.18. The van der Waals surface area contributed by atoms with E-state index in [9.17, 15) is 4.79 Å². The Balaban J connectivity index is 2.84. The number of aromatic nitrogens is 1. The summed E-state index contributed by atoms with van der Waals surface area (Å²) in [5.41, 5.74) is 1.54. The number of pyridine rings is 1. The number of rotatable bonds is 6. The fourth-order valence-corrected chi connectivity index (χ4v) is 2.38. The van der Waals surface area contributed by atoms with E-state index in [0.717, 1.165) is 23.7 Å². The Morgan fingerprint density at radius 1 is 1.53 bits per heavy atom. The van der Waals surface area contributed by atoms with E-state index in [2.05, 4.69) is 23.5 Å². The topological polar surface area (TPSA) is 45.2 Å². The average Bonchev–Trinajstić information content (AvgIpc) is 2.42. The molecule has 0 aliphatic heterocycles. The van der Waals surface area contributed by atoms with E-state index >= 15 is 0 Å². The van der Waals surface area contributed by atoms with Crippen LogP contribution < -0.4 is 5.32 Å². The Hall–Kier alpha value is -1.23. The molecule has 0 saturated carbocycles. The van der Waals surface area contributed by atoms with Crippen molar-refractivity contribution in [3.8, 4) is 0 Å². The van der Waals surface area contributed by atoms with E-state index in [4.69, 9.17) is 0 Å². The van der Waals surface area contributed by atoms with Gasteiger partial charge in [0.2, 0.25) is 0 Å². The van der Waals surface area contributed by atoms with Crippen molar-refractivity contribution in [3.63, 3.8) is 0 Å². The molecule has 0 radical (unpaired) electrons. The molecule has 0 aliphatic rings. The van der Waals surface area contributed by atoms with Gasteiger partial charge < -0.3 is 10.2 Å². The van der Waals surface area contributed by atoms with Crippen molar-refractivity contribution < 1.29 is 4.79 Å². The number of nitrogens with one attached hydrogen (secondary N) is 1. The number of hydrogen-bond donors (Lipinski definition) is 1. The van der Waals surface area contributed by atoms with Gasteiger partial charge in [-0.2, -0.15) is 11.8 Å². The number of carbonyl (C=O) groups is 1. The predicted molar refractivity (Wildman–Crippen MR) is 83.1 cm³/mol. The Labute approximate surface area is 120 Å². The van der Waals surface area contributed by atoms with E-state index in [0.29, 0.717) is 5.56 Å². The van der Waals surface area contributed by atoms with Crippen LogP contribution in [0.5, 0.6) is 0 Å². The van der Waals surface area contributed by atoms with E-state index in [1.54, 1.807) is 24.9 Å². The Morgan fingerprint density at radius 3 is 2.79 bits per heavy atom. The van der Waals surface area contributed by atoms with Crippen molar-refractivity contribution >= 4 is 23.5 Å². The van der Waals surface area contributed by atoms with Gasteiger partial charge in [0.1, 0.15) is 5.82 Å². The summed E-state index contributed by atoms with van der Waals surface area (Å²) in [6.45, 7) is 3.98. The van der Waals surface area contributed by atoms with Gasteiger partial charge in [0.05, 0.1) is 0 Å². The molecule has 1 aromatic rings. The van der Waals surface area contributed by atoms with Crippen LogP contribution in [0.25, 0.3) is 0 Å². The van der Waals surface area contributed by atoms with E-state index in [1.807, 2.05) is 24.9 Å². The van der Waals surface area contributed by atoms with Gasteiger partial charge in [0.25, 0.3) is 5.91 Å². The zero-order chi connectivity index (χ0) is 14.4. The fraction of sp³-hybridized carbons (Fsp3) is 0.571. The molecule has 0 aromatic carbocycles. The molecule has 0 saturated heterocycles. The van der Waals surface area contributed by atoms with Gasteiger partial charge in [0.15, 0.2) is 0 Å². The third-order valence-corrected chi connectivity index (χ3v) is 3.82. The zero-order valence-corrected chi connectivity index (χ0v) is 13.2. The summed E-state index contributed by atoms with van der Waals surface area (Å²) in [6, 6.07) is 3.88. The SMILES string of the molecule is CNc1cc(C(=O)N(C)C(C)CCSC)cc(C)n1. The highest BCUT2D eigenvalue weighted by molar-refractivity contribution is 7.98. The van der Waals surface area contributed by atoms with Crippen LogP contribution in [-0.4, -0.2) is 47.9 Å². The second-order valence-electron chi connectivity index (χ2n) is 4.68. The molecule has 0 aliphatic carbocycles. The van der Waals surface area contributed by atoms with Crippen molar-refractivity contribution in [1.29, 1.82) is 0 Å². The second-order valence-corrected chi connectivity index (χ2v) is 5.66. The maximum absolute atomic E-state index is 12.4. The second kappa shape index (κ2) is 7.38. The summed E-state index contributed by atoms with van der Waals surface area (Å²) in [7, 11) is 3.67. The minimum atomic E-state index is 0.0515. The van der Waals surface area contributed by atoms with Crippen molar-refractivity contribution in [2.75, 3.05) is 31.4 Å². The lowest BCUT2D eigenvalue weighted by Crippen LogP contribution is -2.35. The molecule has 0 spiro atoms. The number of amides is 1. The highest BCUT2D eigenvalue weighted by Gasteiger charge is 2.18. The van der Waals surface area contributed by atoms with Gasteiger partial charge in [-0.15, -0.1) is 0 Å². The van der Waals surface area contributed by atoms with Crippen LogP contribution in [0, 0.1) is 6.92 Å². The highest BCUT2D eigenvalue weighted by Crippen LogP contribution is 2.14. The smallest absolute Gasteiger partial charge is 0.254 e. The first-order valence-electron chi connectivity index (χ1n) is 6.42. The number of anilines is 1. The zero-order valence-electron chi connectivity index (χ0n) is 12.4. The quantitative estimate of drug-likeness (QED) is 0.870. The summed E-state index contributed by atoms with van der Waals surface area (Å²) < 4.78 is 0. The van der Waals surface area contributed by atoms with Gasteiger partial charge >= 0.3 is 0 Å².